The summed E-state index contributed by atoms with van der Waals surface area (Å²) in [5.41, 5.74) is 7.69. The molecule has 2 aromatic rings. The van der Waals surface area contributed by atoms with E-state index in [9.17, 15) is 4.79 Å². The average Bonchev–Trinajstić information content (AvgIpc) is 3.53. The van der Waals surface area contributed by atoms with Gasteiger partial charge < -0.3 is 20.1 Å². The molecule has 7 nitrogen and oxygen atoms in total. The van der Waals surface area contributed by atoms with E-state index in [4.69, 9.17) is 15.2 Å². The lowest BCUT2D eigenvalue weighted by Gasteiger charge is -2.39. The molecule has 1 aliphatic carbocycles. The maximum absolute atomic E-state index is 13.2. The van der Waals surface area contributed by atoms with E-state index in [2.05, 4.69) is 16.8 Å². The topological polar surface area (TPSA) is 82.6 Å². The fourth-order valence-corrected chi connectivity index (χ4v) is 4.95. The third kappa shape index (κ3) is 4.03. The van der Waals surface area contributed by atoms with Crippen LogP contribution in [0.3, 0.4) is 0 Å². The smallest absolute Gasteiger partial charge is 0.264 e. The maximum atomic E-state index is 13.2. The molecular weight excluding hydrogens is 392 g/mol. The molecule has 0 bridgehead atoms. The number of aromatic nitrogens is 2. The zero-order valence-electron chi connectivity index (χ0n) is 18.5. The number of piperidine rings is 1. The molecule has 1 saturated carbocycles. The SMILES string of the molecule is C[C@H]1CC2(CCN(c3nc(N)c(-c4ccc(OCC5CC5)cc4)c(=O)n3C)CC2)CO1. The van der Waals surface area contributed by atoms with Crippen molar-refractivity contribution in [1.82, 2.24) is 9.55 Å². The highest BCUT2D eigenvalue weighted by molar-refractivity contribution is 5.74. The van der Waals surface area contributed by atoms with Crippen LogP contribution in [0.15, 0.2) is 29.1 Å². The van der Waals surface area contributed by atoms with E-state index in [-0.39, 0.29) is 16.8 Å². The lowest BCUT2D eigenvalue weighted by molar-refractivity contribution is 0.0974. The second-order valence-electron chi connectivity index (χ2n) is 9.63. The molecule has 5 rings (SSSR count). The first kappa shape index (κ1) is 20.4. The number of ether oxygens (including phenoxy) is 2. The van der Waals surface area contributed by atoms with Crippen LogP contribution in [0.25, 0.3) is 11.1 Å². The second kappa shape index (κ2) is 7.86. The van der Waals surface area contributed by atoms with Crippen LogP contribution in [0.4, 0.5) is 11.8 Å². The van der Waals surface area contributed by atoms with Crippen LogP contribution in [0.2, 0.25) is 0 Å². The molecule has 1 atom stereocenters. The third-order valence-corrected chi connectivity index (χ3v) is 7.12. The second-order valence-corrected chi connectivity index (χ2v) is 9.63. The number of nitrogens with two attached hydrogens (primary N) is 1. The van der Waals surface area contributed by atoms with Gasteiger partial charge in [0.1, 0.15) is 11.6 Å². The minimum Gasteiger partial charge on any atom is -0.493 e. The Balaban J connectivity index is 1.34. The molecule has 0 radical (unpaired) electrons. The number of hydrogen-bond donors (Lipinski definition) is 1. The van der Waals surface area contributed by atoms with E-state index in [1.807, 2.05) is 24.3 Å². The van der Waals surface area contributed by atoms with Crippen LogP contribution in [-0.4, -0.2) is 42.0 Å². The van der Waals surface area contributed by atoms with E-state index in [0.29, 0.717) is 23.5 Å². The van der Waals surface area contributed by atoms with Gasteiger partial charge in [0.2, 0.25) is 5.95 Å². The summed E-state index contributed by atoms with van der Waals surface area (Å²) in [7, 11) is 1.78. The Kier molecular flexibility index (Phi) is 5.16. The number of rotatable bonds is 5. The molecule has 1 aromatic heterocycles. The summed E-state index contributed by atoms with van der Waals surface area (Å²) in [5, 5.41) is 0. The summed E-state index contributed by atoms with van der Waals surface area (Å²) in [6, 6.07) is 7.59. The minimum atomic E-state index is -0.118. The minimum absolute atomic E-state index is 0.118. The van der Waals surface area contributed by atoms with E-state index in [0.717, 1.165) is 56.9 Å². The van der Waals surface area contributed by atoms with Crippen LogP contribution in [0, 0.1) is 11.3 Å². The molecule has 0 unspecified atom stereocenters. The van der Waals surface area contributed by atoms with Gasteiger partial charge in [0, 0.05) is 20.1 Å². The fraction of sp³-hybridized carbons (Fsp3) is 0.583. The summed E-state index contributed by atoms with van der Waals surface area (Å²) in [6.45, 7) is 5.49. The van der Waals surface area contributed by atoms with Gasteiger partial charge in [-0.2, -0.15) is 4.98 Å². The van der Waals surface area contributed by atoms with Crippen molar-refractivity contribution < 1.29 is 9.47 Å². The summed E-state index contributed by atoms with van der Waals surface area (Å²) < 4.78 is 13.3. The van der Waals surface area contributed by atoms with Crippen molar-refractivity contribution in [1.29, 1.82) is 0 Å². The highest BCUT2D eigenvalue weighted by atomic mass is 16.5. The van der Waals surface area contributed by atoms with E-state index in [1.165, 1.54) is 12.8 Å². The molecule has 2 N–H and O–H groups in total. The molecule has 166 valence electrons. The van der Waals surface area contributed by atoms with Crippen molar-refractivity contribution in [2.24, 2.45) is 18.4 Å². The zero-order chi connectivity index (χ0) is 21.6. The van der Waals surface area contributed by atoms with Crippen molar-refractivity contribution in [3.63, 3.8) is 0 Å². The standard InChI is InChI=1S/C24H32N4O3/c1-16-13-24(15-31-16)9-11-28(12-10-24)23-26-21(25)20(22(29)27(23)2)18-5-7-19(8-6-18)30-14-17-3-4-17/h5-8,16-17H,3-4,9-15,25H2,1-2H3/t16-/m0/s1. The maximum Gasteiger partial charge on any atom is 0.264 e. The number of hydrogen-bond acceptors (Lipinski definition) is 6. The Morgan fingerprint density at radius 2 is 1.94 bits per heavy atom. The number of benzene rings is 1. The predicted octanol–water partition coefficient (Wildman–Crippen LogP) is 3.21. The molecule has 2 aliphatic heterocycles. The van der Waals surface area contributed by atoms with Crippen molar-refractivity contribution in [3.8, 4) is 16.9 Å². The average molecular weight is 425 g/mol. The molecule has 0 amide bonds. The van der Waals surface area contributed by atoms with Gasteiger partial charge in [-0.1, -0.05) is 12.1 Å². The number of anilines is 2. The van der Waals surface area contributed by atoms with Gasteiger partial charge in [-0.05, 0) is 68.1 Å². The lowest BCUT2D eigenvalue weighted by Crippen LogP contribution is -2.43. The predicted molar refractivity (Wildman–Crippen MR) is 121 cm³/mol. The lowest BCUT2D eigenvalue weighted by atomic mass is 9.77. The first-order valence-electron chi connectivity index (χ1n) is 11.4. The Morgan fingerprint density at radius 3 is 2.55 bits per heavy atom. The van der Waals surface area contributed by atoms with Gasteiger partial charge in [0.05, 0.1) is 24.9 Å². The van der Waals surface area contributed by atoms with Crippen LogP contribution in [0.5, 0.6) is 5.75 Å². The van der Waals surface area contributed by atoms with Crippen LogP contribution in [0.1, 0.15) is 39.0 Å². The molecule has 3 aliphatic rings. The van der Waals surface area contributed by atoms with Gasteiger partial charge in [-0.25, -0.2) is 0 Å². The Hall–Kier alpha value is -2.54. The van der Waals surface area contributed by atoms with Crippen LogP contribution in [-0.2, 0) is 11.8 Å². The van der Waals surface area contributed by atoms with Crippen molar-refractivity contribution in [2.45, 2.75) is 45.1 Å². The first-order chi connectivity index (χ1) is 14.9. The molecule has 1 aromatic carbocycles. The Bertz CT molecular complexity index is 1000. The number of nitrogen functional groups attached to an aromatic ring is 1. The molecular formula is C24H32N4O3. The van der Waals surface area contributed by atoms with Gasteiger partial charge >= 0.3 is 0 Å². The fourth-order valence-electron chi connectivity index (χ4n) is 4.95. The van der Waals surface area contributed by atoms with Crippen LogP contribution >= 0.6 is 0 Å². The molecule has 3 heterocycles. The molecule has 3 fully saturated rings. The van der Waals surface area contributed by atoms with Gasteiger partial charge in [0.25, 0.3) is 5.56 Å². The summed E-state index contributed by atoms with van der Waals surface area (Å²) in [5.74, 6) is 2.46. The Labute approximate surface area is 183 Å². The van der Waals surface area contributed by atoms with Crippen LogP contribution < -0.4 is 20.9 Å². The number of nitrogens with zero attached hydrogens (tertiary/aromatic N) is 3. The van der Waals surface area contributed by atoms with Gasteiger partial charge in [-0.3, -0.25) is 9.36 Å². The van der Waals surface area contributed by atoms with Crippen molar-refractivity contribution in [2.75, 3.05) is 36.9 Å². The molecule has 31 heavy (non-hydrogen) atoms. The summed E-state index contributed by atoms with van der Waals surface area (Å²) >= 11 is 0. The normalized spacial score (nSPS) is 22.8. The van der Waals surface area contributed by atoms with Gasteiger partial charge in [0.15, 0.2) is 0 Å². The Morgan fingerprint density at radius 1 is 1.23 bits per heavy atom. The monoisotopic (exact) mass is 424 g/mol. The molecule has 2 saturated heterocycles. The zero-order valence-corrected chi connectivity index (χ0v) is 18.5. The third-order valence-electron chi connectivity index (χ3n) is 7.12. The highest BCUT2D eigenvalue weighted by Gasteiger charge is 2.41. The van der Waals surface area contributed by atoms with E-state index >= 15 is 0 Å². The van der Waals surface area contributed by atoms with Crippen molar-refractivity contribution in [3.05, 3.63) is 34.6 Å². The quantitative estimate of drug-likeness (QED) is 0.794. The summed E-state index contributed by atoms with van der Waals surface area (Å²) in [4.78, 5) is 20.1. The van der Waals surface area contributed by atoms with Crippen molar-refractivity contribution >= 4 is 11.8 Å². The van der Waals surface area contributed by atoms with Gasteiger partial charge in [-0.15, -0.1) is 0 Å². The molecule has 7 heteroatoms. The molecule has 1 spiro atoms. The first-order valence-corrected chi connectivity index (χ1v) is 11.4. The van der Waals surface area contributed by atoms with E-state index in [1.54, 1.807) is 11.6 Å². The van der Waals surface area contributed by atoms with E-state index < -0.39 is 0 Å². The summed E-state index contributed by atoms with van der Waals surface area (Å²) in [6.07, 6.45) is 6.08. The highest BCUT2D eigenvalue weighted by Crippen LogP contribution is 2.42. The largest absolute Gasteiger partial charge is 0.493 e.